The van der Waals surface area contributed by atoms with Crippen LogP contribution in [0.2, 0.25) is 0 Å². The van der Waals surface area contributed by atoms with Gasteiger partial charge in [0.2, 0.25) is 0 Å². The second-order valence-corrected chi connectivity index (χ2v) is 6.32. The molecule has 0 aliphatic carbocycles. The van der Waals surface area contributed by atoms with Crippen LogP contribution in [0.5, 0.6) is 0 Å². The summed E-state index contributed by atoms with van der Waals surface area (Å²) in [5.74, 6) is 0. The van der Waals surface area contributed by atoms with Crippen molar-refractivity contribution in [1.29, 1.82) is 0 Å². The Labute approximate surface area is 119 Å². The number of unbranched alkanes of at least 4 members (excludes halogenated alkanes) is 2. The summed E-state index contributed by atoms with van der Waals surface area (Å²) in [6.07, 6.45) is 3.87. The number of hydrogen-bond acceptors (Lipinski definition) is 2. The Hall–Kier alpha value is -0.860. The molecule has 2 nitrogen and oxygen atoms in total. The van der Waals surface area contributed by atoms with Gasteiger partial charge in [0, 0.05) is 12.6 Å². The van der Waals surface area contributed by atoms with E-state index in [2.05, 4.69) is 57.0 Å². The first-order valence-corrected chi connectivity index (χ1v) is 7.46. The molecule has 2 N–H and O–H groups in total. The molecular weight excluding hydrogens is 232 g/mol. The first-order valence-electron chi connectivity index (χ1n) is 7.46. The highest BCUT2D eigenvalue weighted by molar-refractivity contribution is 5.20. The lowest BCUT2D eigenvalue weighted by Gasteiger charge is -2.35. The Morgan fingerprint density at radius 1 is 1.16 bits per heavy atom. The number of nitrogens with zero attached hydrogens (tertiary/aromatic N) is 1. The van der Waals surface area contributed by atoms with Crippen LogP contribution in [-0.2, 0) is 0 Å². The fourth-order valence-corrected chi connectivity index (χ4v) is 2.62. The molecule has 0 heterocycles. The molecule has 0 aliphatic rings. The second-order valence-electron chi connectivity index (χ2n) is 6.32. The van der Waals surface area contributed by atoms with Crippen molar-refractivity contribution in [3.05, 3.63) is 35.9 Å². The van der Waals surface area contributed by atoms with Crippen LogP contribution in [-0.4, -0.2) is 25.0 Å². The van der Waals surface area contributed by atoms with Gasteiger partial charge in [-0.3, -0.25) is 0 Å². The Bertz CT molecular complexity index is 346. The standard InChI is InChI=1S/C17H30N2/c1-5-6-10-13-19(4)14-17(2,3)16(18)15-11-8-7-9-12-15/h7-9,11-12,16H,5-6,10,13-14,18H2,1-4H3. The number of nitrogens with two attached hydrogens (primary N) is 1. The number of rotatable bonds is 8. The van der Waals surface area contributed by atoms with E-state index in [4.69, 9.17) is 5.73 Å². The van der Waals surface area contributed by atoms with Gasteiger partial charge in [-0.1, -0.05) is 63.9 Å². The zero-order valence-electron chi connectivity index (χ0n) is 13.0. The molecule has 1 unspecified atom stereocenters. The second kappa shape index (κ2) is 7.66. The summed E-state index contributed by atoms with van der Waals surface area (Å²) in [6, 6.07) is 10.5. The highest BCUT2D eigenvalue weighted by Crippen LogP contribution is 2.31. The van der Waals surface area contributed by atoms with Gasteiger partial charge in [0.1, 0.15) is 0 Å². The van der Waals surface area contributed by atoms with Crippen LogP contribution in [0.1, 0.15) is 51.6 Å². The first kappa shape index (κ1) is 16.2. The fraction of sp³-hybridized carbons (Fsp3) is 0.647. The summed E-state index contributed by atoms with van der Waals surface area (Å²) >= 11 is 0. The molecule has 0 saturated heterocycles. The van der Waals surface area contributed by atoms with E-state index in [9.17, 15) is 0 Å². The van der Waals surface area contributed by atoms with Gasteiger partial charge in [0.05, 0.1) is 0 Å². The van der Waals surface area contributed by atoms with Gasteiger partial charge < -0.3 is 10.6 Å². The van der Waals surface area contributed by atoms with Crippen molar-refractivity contribution in [1.82, 2.24) is 4.90 Å². The molecule has 1 aromatic carbocycles. The molecule has 0 spiro atoms. The first-order chi connectivity index (χ1) is 8.97. The van der Waals surface area contributed by atoms with Gasteiger partial charge in [0.25, 0.3) is 0 Å². The largest absolute Gasteiger partial charge is 0.323 e. The molecule has 1 rings (SSSR count). The van der Waals surface area contributed by atoms with Crippen LogP contribution in [0.25, 0.3) is 0 Å². The van der Waals surface area contributed by atoms with Crippen molar-refractivity contribution in [2.75, 3.05) is 20.1 Å². The summed E-state index contributed by atoms with van der Waals surface area (Å²) < 4.78 is 0. The minimum Gasteiger partial charge on any atom is -0.323 e. The highest BCUT2D eigenvalue weighted by Gasteiger charge is 2.28. The predicted molar refractivity (Wildman–Crippen MR) is 84.2 cm³/mol. The van der Waals surface area contributed by atoms with Gasteiger partial charge in [-0.15, -0.1) is 0 Å². The maximum Gasteiger partial charge on any atom is 0.0359 e. The third kappa shape index (κ3) is 5.33. The van der Waals surface area contributed by atoms with E-state index >= 15 is 0 Å². The Morgan fingerprint density at radius 2 is 1.79 bits per heavy atom. The van der Waals surface area contributed by atoms with E-state index in [-0.39, 0.29) is 11.5 Å². The molecule has 1 aromatic rings. The van der Waals surface area contributed by atoms with E-state index < -0.39 is 0 Å². The van der Waals surface area contributed by atoms with Crippen LogP contribution in [0.4, 0.5) is 0 Å². The molecule has 19 heavy (non-hydrogen) atoms. The third-order valence-corrected chi connectivity index (χ3v) is 3.82. The van der Waals surface area contributed by atoms with E-state index in [0.29, 0.717) is 0 Å². The molecule has 0 saturated carbocycles. The molecule has 1 atom stereocenters. The molecular formula is C17H30N2. The summed E-state index contributed by atoms with van der Waals surface area (Å²) in [5, 5.41) is 0. The summed E-state index contributed by atoms with van der Waals surface area (Å²) in [4.78, 5) is 2.42. The molecule has 0 radical (unpaired) electrons. The lowest BCUT2D eigenvalue weighted by molar-refractivity contribution is 0.175. The van der Waals surface area contributed by atoms with E-state index in [1.165, 1.54) is 31.4 Å². The summed E-state index contributed by atoms with van der Waals surface area (Å²) in [6.45, 7) is 8.97. The number of benzene rings is 1. The van der Waals surface area contributed by atoms with E-state index in [0.717, 1.165) is 6.54 Å². The topological polar surface area (TPSA) is 29.3 Å². The molecule has 108 valence electrons. The van der Waals surface area contributed by atoms with Gasteiger partial charge >= 0.3 is 0 Å². The fourth-order valence-electron chi connectivity index (χ4n) is 2.62. The minimum absolute atomic E-state index is 0.0855. The highest BCUT2D eigenvalue weighted by atomic mass is 15.1. The lowest BCUT2D eigenvalue weighted by Crippen LogP contribution is -2.39. The van der Waals surface area contributed by atoms with Crippen molar-refractivity contribution in [2.45, 2.75) is 46.1 Å². The van der Waals surface area contributed by atoms with Crippen LogP contribution < -0.4 is 5.73 Å². The minimum atomic E-state index is 0.0855. The zero-order valence-corrected chi connectivity index (χ0v) is 13.0. The smallest absolute Gasteiger partial charge is 0.0359 e. The average Bonchev–Trinajstić information content (AvgIpc) is 2.38. The molecule has 0 bridgehead atoms. The van der Waals surface area contributed by atoms with Crippen molar-refractivity contribution in [3.63, 3.8) is 0 Å². The number of hydrogen-bond donors (Lipinski definition) is 1. The van der Waals surface area contributed by atoms with E-state index in [1.807, 2.05) is 6.07 Å². The maximum atomic E-state index is 6.45. The molecule has 0 amide bonds. The third-order valence-electron chi connectivity index (χ3n) is 3.82. The molecule has 0 fully saturated rings. The zero-order chi connectivity index (χ0) is 14.3. The molecule has 0 aromatic heterocycles. The van der Waals surface area contributed by atoms with Crippen LogP contribution in [0.3, 0.4) is 0 Å². The lowest BCUT2D eigenvalue weighted by atomic mass is 9.80. The Kier molecular flexibility index (Phi) is 6.53. The van der Waals surface area contributed by atoms with Crippen LogP contribution >= 0.6 is 0 Å². The molecule has 0 aliphatic heterocycles. The van der Waals surface area contributed by atoms with Gasteiger partial charge in [-0.05, 0) is 31.0 Å². The quantitative estimate of drug-likeness (QED) is 0.721. The van der Waals surface area contributed by atoms with Crippen LogP contribution in [0.15, 0.2) is 30.3 Å². The summed E-state index contributed by atoms with van der Waals surface area (Å²) in [5.41, 5.74) is 7.77. The molecule has 2 heteroatoms. The van der Waals surface area contributed by atoms with Crippen molar-refractivity contribution < 1.29 is 0 Å². The Balaban J connectivity index is 2.54. The van der Waals surface area contributed by atoms with Crippen LogP contribution in [0, 0.1) is 5.41 Å². The average molecular weight is 262 g/mol. The van der Waals surface area contributed by atoms with E-state index in [1.54, 1.807) is 0 Å². The normalized spacial score (nSPS) is 13.8. The van der Waals surface area contributed by atoms with Gasteiger partial charge in [0.15, 0.2) is 0 Å². The SMILES string of the molecule is CCCCCN(C)CC(C)(C)C(N)c1ccccc1. The van der Waals surface area contributed by atoms with Gasteiger partial charge in [-0.25, -0.2) is 0 Å². The summed E-state index contributed by atoms with van der Waals surface area (Å²) in [7, 11) is 2.20. The van der Waals surface area contributed by atoms with Gasteiger partial charge in [-0.2, -0.15) is 0 Å². The Morgan fingerprint density at radius 3 is 2.37 bits per heavy atom. The maximum absolute atomic E-state index is 6.45. The van der Waals surface area contributed by atoms with Crippen molar-refractivity contribution >= 4 is 0 Å². The van der Waals surface area contributed by atoms with Crippen molar-refractivity contribution in [3.8, 4) is 0 Å². The predicted octanol–water partition coefficient (Wildman–Crippen LogP) is 3.83. The van der Waals surface area contributed by atoms with Crippen molar-refractivity contribution in [2.24, 2.45) is 11.1 Å². The monoisotopic (exact) mass is 262 g/mol.